The molecule has 3 aromatic rings. The summed E-state index contributed by atoms with van der Waals surface area (Å²) in [5, 5.41) is 2.67. The maximum absolute atomic E-state index is 12.6. The molecule has 0 aliphatic carbocycles. The highest BCUT2D eigenvalue weighted by molar-refractivity contribution is 7.19. The van der Waals surface area contributed by atoms with E-state index in [2.05, 4.69) is 9.97 Å². The molecule has 0 fully saturated rings. The van der Waals surface area contributed by atoms with Crippen molar-refractivity contribution in [2.75, 3.05) is 12.3 Å². The number of nitrogens with two attached hydrogens (primary N) is 1. The third-order valence-electron chi connectivity index (χ3n) is 3.41. The highest BCUT2D eigenvalue weighted by Gasteiger charge is 2.16. The van der Waals surface area contributed by atoms with Gasteiger partial charge in [0.25, 0.3) is 0 Å². The fraction of sp³-hybridized carbons (Fsp3) is 0.222. The number of esters is 1. The average molecular weight is 425 g/mol. The van der Waals surface area contributed by atoms with E-state index in [4.69, 9.17) is 10.5 Å². The fourth-order valence-corrected chi connectivity index (χ4v) is 3.72. The average Bonchev–Trinajstić information content (AvgIpc) is 3.28. The number of hydrogen-bond acceptors (Lipinski definition) is 8. The molecule has 2 heterocycles. The number of ether oxygens (including phenoxy) is 1. The zero-order chi connectivity index (χ0) is 20.7. The molecule has 0 aliphatic rings. The summed E-state index contributed by atoms with van der Waals surface area (Å²) >= 11 is 2.63. The van der Waals surface area contributed by atoms with Gasteiger partial charge in [-0.1, -0.05) is 23.5 Å². The van der Waals surface area contributed by atoms with E-state index < -0.39 is 12.5 Å². The Morgan fingerprint density at radius 1 is 1.36 bits per heavy atom. The van der Waals surface area contributed by atoms with Crippen LogP contribution in [0, 0.1) is 12.7 Å². The molecule has 0 bridgehead atoms. The van der Waals surface area contributed by atoms with Crippen LogP contribution in [0.3, 0.4) is 0 Å². The molecule has 0 amide bonds. The number of anilines is 1. The molecule has 28 heavy (non-hydrogen) atoms. The SMILES string of the molecule is CCOC(=O)c1nc(-c2sc(N)nc2C)cs1.O=Cc1c(F)cccc1CF. The molecule has 0 atom stereocenters. The Morgan fingerprint density at radius 3 is 2.64 bits per heavy atom. The van der Waals surface area contributed by atoms with Gasteiger partial charge in [0.05, 0.1) is 28.4 Å². The minimum atomic E-state index is -0.814. The van der Waals surface area contributed by atoms with E-state index in [0.717, 1.165) is 22.3 Å². The molecule has 0 aliphatic heterocycles. The summed E-state index contributed by atoms with van der Waals surface area (Å²) in [6.45, 7) is 3.16. The van der Waals surface area contributed by atoms with Crippen molar-refractivity contribution < 1.29 is 23.1 Å². The second-order valence-corrected chi connectivity index (χ2v) is 7.18. The number of nitrogen functional groups attached to an aromatic ring is 1. The van der Waals surface area contributed by atoms with Crippen LogP contribution in [-0.2, 0) is 11.4 Å². The molecular weight excluding hydrogens is 408 g/mol. The monoisotopic (exact) mass is 425 g/mol. The lowest BCUT2D eigenvalue weighted by Gasteiger charge is -1.98. The zero-order valence-corrected chi connectivity index (χ0v) is 16.7. The molecule has 6 nitrogen and oxygen atoms in total. The summed E-state index contributed by atoms with van der Waals surface area (Å²) in [5.74, 6) is -1.06. The van der Waals surface area contributed by atoms with Gasteiger partial charge in [-0.05, 0) is 25.5 Å². The first-order valence-corrected chi connectivity index (χ1v) is 9.75. The number of aromatic nitrogens is 2. The number of benzene rings is 1. The van der Waals surface area contributed by atoms with E-state index in [1.807, 2.05) is 12.3 Å². The molecule has 0 saturated heterocycles. The lowest BCUT2D eigenvalue weighted by atomic mass is 10.1. The molecule has 0 saturated carbocycles. The van der Waals surface area contributed by atoms with E-state index in [9.17, 15) is 18.4 Å². The van der Waals surface area contributed by atoms with E-state index in [1.54, 1.807) is 6.92 Å². The molecule has 148 valence electrons. The number of rotatable bonds is 5. The minimum Gasteiger partial charge on any atom is -0.461 e. The number of aryl methyl sites for hydroxylation is 1. The van der Waals surface area contributed by atoms with Crippen molar-refractivity contribution in [2.24, 2.45) is 0 Å². The van der Waals surface area contributed by atoms with Gasteiger partial charge >= 0.3 is 5.97 Å². The van der Waals surface area contributed by atoms with Crippen molar-refractivity contribution in [2.45, 2.75) is 20.5 Å². The third kappa shape index (κ3) is 5.17. The molecular formula is C18H17F2N3O3S2. The molecule has 2 N–H and O–H groups in total. The number of alkyl halides is 1. The first kappa shape index (κ1) is 21.6. The number of aldehydes is 1. The van der Waals surface area contributed by atoms with Crippen LogP contribution in [0.2, 0.25) is 0 Å². The van der Waals surface area contributed by atoms with Gasteiger partial charge in [0.2, 0.25) is 5.01 Å². The van der Waals surface area contributed by atoms with Crippen molar-refractivity contribution in [3.63, 3.8) is 0 Å². The van der Waals surface area contributed by atoms with Crippen LogP contribution < -0.4 is 5.73 Å². The molecule has 0 spiro atoms. The standard InChI is InChI=1S/C10H11N3O2S2.C8H6F2O/c1-3-15-9(14)8-13-6(4-16-8)7-5(2)12-10(11)17-7;9-4-6-2-1-3-8(10)7(6)5-11/h4H,3H2,1-2H3,(H2,11,12);1-3,5H,4H2. The lowest BCUT2D eigenvalue weighted by molar-refractivity contribution is 0.0526. The number of nitrogens with zero attached hydrogens (tertiary/aromatic N) is 2. The Labute approximate surface area is 168 Å². The Kier molecular flexibility index (Phi) is 7.70. The Balaban J connectivity index is 0.000000221. The number of halogens is 2. The lowest BCUT2D eigenvalue weighted by Crippen LogP contribution is -2.03. The Morgan fingerprint density at radius 2 is 2.11 bits per heavy atom. The Bertz CT molecular complexity index is 973. The zero-order valence-electron chi connectivity index (χ0n) is 15.1. The van der Waals surface area contributed by atoms with Gasteiger partial charge in [-0.15, -0.1) is 11.3 Å². The summed E-state index contributed by atoms with van der Waals surface area (Å²) in [6.07, 6.45) is 0.324. The highest BCUT2D eigenvalue weighted by Crippen LogP contribution is 2.32. The van der Waals surface area contributed by atoms with Crippen LogP contribution in [0.25, 0.3) is 10.6 Å². The summed E-state index contributed by atoms with van der Waals surface area (Å²) < 4.78 is 29.6. The van der Waals surface area contributed by atoms with E-state index in [-0.39, 0.29) is 17.1 Å². The number of carbonyl (C=O) groups is 2. The van der Waals surface area contributed by atoms with Crippen LogP contribution in [0.5, 0.6) is 0 Å². The van der Waals surface area contributed by atoms with Crippen molar-refractivity contribution in [1.29, 1.82) is 0 Å². The second-order valence-electron chi connectivity index (χ2n) is 5.29. The normalized spacial score (nSPS) is 10.1. The first-order chi connectivity index (χ1) is 13.4. The number of hydrogen-bond donors (Lipinski definition) is 1. The molecule has 3 rings (SSSR count). The smallest absolute Gasteiger partial charge is 0.367 e. The van der Waals surface area contributed by atoms with Crippen LogP contribution in [-0.4, -0.2) is 28.8 Å². The van der Waals surface area contributed by atoms with E-state index in [1.165, 1.54) is 34.8 Å². The molecule has 1 aromatic carbocycles. The van der Waals surface area contributed by atoms with Crippen molar-refractivity contribution in [3.8, 4) is 10.6 Å². The van der Waals surface area contributed by atoms with Gasteiger partial charge in [0.15, 0.2) is 11.4 Å². The van der Waals surface area contributed by atoms with Gasteiger partial charge in [-0.3, -0.25) is 4.79 Å². The van der Waals surface area contributed by atoms with Gasteiger partial charge in [-0.25, -0.2) is 23.5 Å². The predicted octanol–water partition coefficient (Wildman–Crippen LogP) is 4.44. The summed E-state index contributed by atoms with van der Waals surface area (Å²) in [6, 6.07) is 3.88. The first-order valence-electron chi connectivity index (χ1n) is 8.05. The third-order valence-corrected chi connectivity index (χ3v) is 5.24. The largest absolute Gasteiger partial charge is 0.461 e. The van der Waals surface area contributed by atoms with Crippen molar-refractivity contribution >= 4 is 40.1 Å². The maximum Gasteiger partial charge on any atom is 0.367 e. The van der Waals surface area contributed by atoms with Crippen LogP contribution in [0.4, 0.5) is 13.9 Å². The summed E-state index contributed by atoms with van der Waals surface area (Å²) in [7, 11) is 0. The van der Waals surface area contributed by atoms with Gasteiger partial charge in [-0.2, -0.15) is 0 Å². The van der Waals surface area contributed by atoms with Gasteiger partial charge in [0, 0.05) is 5.38 Å². The van der Waals surface area contributed by atoms with E-state index >= 15 is 0 Å². The minimum absolute atomic E-state index is 0.0972. The van der Waals surface area contributed by atoms with Crippen molar-refractivity contribution in [1.82, 2.24) is 9.97 Å². The number of thiazole rings is 2. The van der Waals surface area contributed by atoms with Crippen LogP contribution in [0.1, 0.15) is 38.3 Å². The van der Waals surface area contributed by atoms with Gasteiger partial charge < -0.3 is 10.5 Å². The summed E-state index contributed by atoms with van der Waals surface area (Å²) in [4.78, 5) is 30.9. The van der Waals surface area contributed by atoms with E-state index in [0.29, 0.717) is 23.0 Å². The summed E-state index contributed by atoms with van der Waals surface area (Å²) in [5.41, 5.74) is 7.09. The quantitative estimate of drug-likeness (QED) is 0.480. The van der Waals surface area contributed by atoms with Crippen LogP contribution >= 0.6 is 22.7 Å². The molecule has 0 unspecified atom stereocenters. The molecule has 10 heteroatoms. The Hall–Kier alpha value is -2.72. The second kappa shape index (κ2) is 10.00. The van der Waals surface area contributed by atoms with Crippen LogP contribution in [0.15, 0.2) is 23.6 Å². The molecule has 0 radical (unpaired) electrons. The molecule has 2 aromatic heterocycles. The van der Waals surface area contributed by atoms with Gasteiger partial charge in [0.1, 0.15) is 12.5 Å². The highest BCUT2D eigenvalue weighted by atomic mass is 32.1. The topological polar surface area (TPSA) is 95.2 Å². The fourth-order valence-electron chi connectivity index (χ4n) is 2.15. The predicted molar refractivity (Wildman–Crippen MR) is 105 cm³/mol. The number of carbonyl (C=O) groups excluding carboxylic acids is 2. The van der Waals surface area contributed by atoms with Crippen molar-refractivity contribution in [3.05, 3.63) is 51.2 Å². The maximum atomic E-state index is 12.6.